The monoisotopic (exact) mass is 136 g/mol. The molecule has 0 bridgehead atoms. The average molecular weight is 136 g/mol. The molecule has 0 N–H and O–H groups in total. The van der Waals surface area contributed by atoms with E-state index in [0.717, 1.165) is 6.42 Å². The molecule has 1 nitrogen and oxygen atoms in total. The maximum absolute atomic E-state index is 3.69. The van der Waals surface area contributed by atoms with E-state index < -0.39 is 0 Å². The van der Waals surface area contributed by atoms with Gasteiger partial charge in [0.1, 0.15) is 0 Å². The van der Waals surface area contributed by atoms with E-state index in [1.807, 2.05) is 10.8 Å². The molecule has 0 fully saturated rings. The highest BCUT2D eigenvalue weighted by molar-refractivity contribution is 5.59. The van der Waals surface area contributed by atoms with E-state index >= 15 is 0 Å². The molecule has 54 valence electrons. The lowest BCUT2D eigenvalue weighted by atomic mass is 10.0. The Morgan fingerprint density at radius 2 is 2.40 bits per heavy atom. The summed E-state index contributed by atoms with van der Waals surface area (Å²) in [6.07, 6.45) is 7.21. The van der Waals surface area contributed by atoms with Gasteiger partial charge in [-0.25, -0.2) is 0 Å². The van der Waals surface area contributed by atoms with Crippen molar-refractivity contribution in [1.82, 2.24) is 0 Å². The molecule has 0 atom stereocenters. The molecule has 1 aliphatic heterocycles. The van der Waals surface area contributed by atoms with Gasteiger partial charge in [0, 0.05) is 5.57 Å². The van der Waals surface area contributed by atoms with Crippen LogP contribution in [-0.2, 0) is 0 Å². The second-order valence-corrected chi connectivity index (χ2v) is 2.88. The number of nitrogens with zero attached hydrogens (tertiary/aromatic N) is 1. The maximum atomic E-state index is 3.69. The van der Waals surface area contributed by atoms with Gasteiger partial charge in [-0.15, -0.1) is 0 Å². The van der Waals surface area contributed by atoms with Crippen LogP contribution in [0.25, 0.3) is 0 Å². The van der Waals surface area contributed by atoms with Gasteiger partial charge in [0.15, 0.2) is 18.6 Å². The number of rotatable bonds is 2. The molecule has 0 saturated heterocycles. The Morgan fingerprint density at radius 1 is 1.70 bits per heavy atom. The molecule has 0 saturated carbocycles. The summed E-state index contributed by atoms with van der Waals surface area (Å²) in [5.41, 5.74) is 1.49. The van der Waals surface area contributed by atoms with E-state index in [-0.39, 0.29) is 0 Å². The lowest BCUT2D eigenvalue weighted by Crippen LogP contribution is -1.90. The lowest BCUT2D eigenvalue weighted by molar-refractivity contribution is -0.369. The summed E-state index contributed by atoms with van der Waals surface area (Å²) in [6, 6.07) is 0. The normalized spacial score (nSPS) is 17.1. The third-order valence-electron chi connectivity index (χ3n) is 1.81. The van der Waals surface area contributed by atoms with Crippen molar-refractivity contribution in [3.8, 4) is 0 Å². The highest BCUT2D eigenvalue weighted by Crippen LogP contribution is 2.15. The van der Waals surface area contributed by atoms with Gasteiger partial charge < -0.3 is 0 Å². The molecule has 10 heavy (non-hydrogen) atoms. The van der Waals surface area contributed by atoms with Crippen LogP contribution in [0.4, 0.5) is 0 Å². The first-order valence-electron chi connectivity index (χ1n) is 3.68. The van der Waals surface area contributed by atoms with Crippen LogP contribution in [0.2, 0.25) is 0 Å². The molecule has 1 heteroatoms. The van der Waals surface area contributed by atoms with Crippen LogP contribution in [0.5, 0.6) is 0 Å². The van der Waals surface area contributed by atoms with Gasteiger partial charge in [-0.1, -0.05) is 13.8 Å². The molecule has 0 amide bonds. The summed E-state index contributed by atoms with van der Waals surface area (Å²) < 4.78 is 2.02. The van der Waals surface area contributed by atoms with Crippen molar-refractivity contribution < 1.29 is 4.58 Å². The molecule has 1 heterocycles. The highest BCUT2D eigenvalue weighted by Gasteiger charge is 2.13. The second-order valence-electron chi connectivity index (χ2n) is 2.88. The van der Waals surface area contributed by atoms with Crippen molar-refractivity contribution in [3.63, 3.8) is 0 Å². The number of hydrogen-bond donors (Lipinski definition) is 0. The van der Waals surface area contributed by atoms with Crippen molar-refractivity contribution in [2.45, 2.75) is 20.3 Å². The second kappa shape index (κ2) is 2.82. The largest absolute Gasteiger partial charge is 0.178 e. The van der Waals surface area contributed by atoms with Crippen molar-refractivity contribution in [2.24, 2.45) is 5.92 Å². The van der Waals surface area contributed by atoms with E-state index in [1.54, 1.807) is 0 Å². The summed E-state index contributed by atoms with van der Waals surface area (Å²) in [5, 5.41) is 0. The molecular weight excluding hydrogens is 122 g/mol. The van der Waals surface area contributed by atoms with Crippen molar-refractivity contribution in [2.75, 3.05) is 0 Å². The van der Waals surface area contributed by atoms with E-state index in [2.05, 4.69) is 32.8 Å². The first-order valence-corrected chi connectivity index (χ1v) is 3.68. The Balaban J connectivity index is 2.66. The van der Waals surface area contributed by atoms with E-state index in [9.17, 15) is 0 Å². The lowest BCUT2D eigenvalue weighted by Gasteiger charge is -1.98. The van der Waals surface area contributed by atoms with Crippen LogP contribution in [0.3, 0.4) is 0 Å². The van der Waals surface area contributed by atoms with E-state index in [4.69, 9.17) is 0 Å². The van der Waals surface area contributed by atoms with E-state index in [1.165, 1.54) is 5.57 Å². The van der Waals surface area contributed by atoms with E-state index in [0.29, 0.717) is 5.92 Å². The summed E-state index contributed by atoms with van der Waals surface area (Å²) in [5.74, 6) is 0.668. The molecule has 0 radical (unpaired) electrons. The fraction of sp³-hybridized carbons (Fsp3) is 0.444. The Labute approximate surface area is 62.4 Å². The fourth-order valence-electron chi connectivity index (χ4n) is 1.02. The zero-order chi connectivity index (χ0) is 7.56. The predicted octanol–water partition coefficient (Wildman–Crippen LogP) is 2.16. The molecule has 0 aromatic carbocycles. The summed E-state index contributed by atoms with van der Waals surface area (Å²) in [4.78, 5) is 0. The number of hydrogen-bond acceptors (Lipinski definition) is 0. The Bertz CT molecular complexity index is 197. The van der Waals surface area contributed by atoms with Gasteiger partial charge >= 0.3 is 0 Å². The van der Waals surface area contributed by atoms with Crippen molar-refractivity contribution in [1.29, 1.82) is 0 Å². The Hall–Kier alpha value is -0.850. The van der Waals surface area contributed by atoms with Crippen LogP contribution in [0.1, 0.15) is 20.3 Å². The smallest absolute Gasteiger partial charge is 0.174 e. The third kappa shape index (κ3) is 1.35. The zero-order valence-corrected chi connectivity index (χ0v) is 6.67. The van der Waals surface area contributed by atoms with Gasteiger partial charge in [0.2, 0.25) is 0 Å². The maximum Gasteiger partial charge on any atom is 0.174 e. The molecule has 1 rings (SSSR count). The summed E-state index contributed by atoms with van der Waals surface area (Å²) in [7, 11) is 0. The van der Waals surface area contributed by atoms with Crippen LogP contribution in [0, 0.1) is 5.92 Å². The minimum atomic E-state index is 0.668. The van der Waals surface area contributed by atoms with Gasteiger partial charge in [-0.3, -0.25) is 0 Å². The zero-order valence-electron chi connectivity index (χ0n) is 6.67. The highest BCUT2D eigenvalue weighted by atomic mass is 15.0. The molecule has 0 aromatic rings. The van der Waals surface area contributed by atoms with Gasteiger partial charge in [-0.2, -0.15) is 4.58 Å². The molecular formula is C9H14N+. The van der Waals surface area contributed by atoms with Crippen molar-refractivity contribution in [3.05, 3.63) is 24.6 Å². The van der Waals surface area contributed by atoms with Gasteiger partial charge in [0.25, 0.3) is 0 Å². The van der Waals surface area contributed by atoms with Crippen LogP contribution in [-0.4, -0.2) is 10.8 Å². The average Bonchev–Trinajstić information content (AvgIpc) is 2.34. The van der Waals surface area contributed by atoms with Crippen LogP contribution < -0.4 is 0 Å². The molecule has 0 aromatic heterocycles. The minimum absolute atomic E-state index is 0.668. The van der Waals surface area contributed by atoms with Gasteiger partial charge in [-0.05, 0) is 12.5 Å². The number of allylic oxidation sites excluding steroid dienone is 1. The molecule has 0 spiro atoms. The Morgan fingerprint density at radius 3 is 2.70 bits per heavy atom. The quantitative estimate of drug-likeness (QED) is 0.512. The SMILES string of the molecule is C=C[N+]1=CCC(C(C)C)=C1. The standard InChI is InChI=1S/C9H14N/c1-4-10-6-5-9(7-10)8(2)3/h4,6-8H,1,5H2,2-3H3/q+1. The topological polar surface area (TPSA) is 3.01 Å². The fourth-order valence-corrected chi connectivity index (χ4v) is 1.02. The van der Waals surface area contributed by atoms with Crippen LogP contribution in [0.15, 0.2) is 24.6 Å². The predicted molar refractivity (Wildman–Crippen MR) is 44.1 cm³/mol. The minimum Gasteiger partial charge on any atom is -0.178 e. The Kier molecular flexibility index (Phi) is 2.05. The molecule has 1 aliphatic rings. The molecule has 0 unspecified atom stereocenters. The first-order chi connectivity index (χ1) is 4.74. The first kappa shape index (κ1) is 7.26. The summed E-state index contributed by atoms with van der Waals surface area (Å²) in [6.45, 7) is 8.12. The molecule has 0 aliphatic carbocycles. The summed E-state index contributed by atoms with van der Waals surface area (Å²) >= 11 is 0. The van der Waals surface area contributed by atoms with Crippen molar-refractivity contribution >= 4 is 6.21 Å². The third-order valence-corrected chi connectivity index (χ3v) is 1.81. The van der Waals surface area contributed by atoms with Gasteiger partial charge in [0.05, 0.1) is 6.42 Å². The van der Waals surface area contributed by atoms with Crippen LogP contribution >= 0.6 is 0 Å².